The molecule has 1 unspecified atom stereocenters. The van der Waals surface area contributed by atoms with Gasteiger partial charge in [-0.3, -0.25) is 9.59 Å². The number of hydrogen-bond donors (Lipinski definition) is 3. The van der Waals surface area contributed by atoms with Crippen LogP contribution < -0.4 is 16.8 Å². The normalized spacial score (nSPS) is 24.8. The minimum absolute atomic E-state index is 0.0550. The molecule has 5 N–H and O–H groups in total. The summed E-state index contributed by atoms with van der Waals surface area (Å²) in [6.45, 7) is 1.48. The fourth-order valence-electron chi connectivity index (χ4n) is 1.39. The quantitative estimate of drug-likeness (QED) is 0.648. The van der Waals surface area contributed by atoms with E-state index < -0.39 is 29.5 Å². The molecule has 16 heavy (non-hydrogen) atoms. The monoisotopic (exact) mass is 251 g/mol. The van der Waals surface area contributed by atoms with Gasteiger partial charge in [0.1, 0.15) is 0 Å². The van der Waals surface area contributed by atoms with Crippen molar-refractivity contribution in [2.75, 3.05) is 0 Å². The first-order valence-electron chi connectivity index (χ1n) is 4.34. The average molecular weight is 251 g/mol. The van der Waals surface area contributed by atoms with Gasteiger partial charge in [0.2, 0.25) is 6.43 Å². The Morgan fingerprint density at radius 2 is 2.06 bits per heavy atom. The lowest BCUT2D eigenvalue weighted by Crippen LogP contribution is -2.50. The van der Waals surface area contributed by atoms with Gasteiger partial charge in [0.15, 0.2) is 4.87 Å². The van der Waals surface area contributed by atoms with Crippen molar-refractivity contribution in [3.8, 4) is 0 Å². The summed E-state index contributed by atoms with van der Waals surface area (Å²) in [5.41, 5.74) is 10.4. The van der Waals surface area contributed by atoms with Crippen molar-refractivity contribution < 1.29 is 18.4 Å². The predicted octanol–water partition coefficient (Wildman–Crippen LogP) is -0.124. The van der Waals surface area contributed by atoms with Gasteiger partial charge in [-0.1, -0.05) is 11.8 Å². The van der Waals surface area contributed by atoms with Crippen LogP contribution in [0, 0.1) is 0 Å². The van der Waals surface area contributed by atoms with E-state index in [0.717, 1.165) is 0 Å². The van der Waals surface area contributed by atoms with Crippen molar-refractivity contribution in [1.82, 2.24) is 5.32 Å². The summed E-state index contributed by atoms with van der Waals surface area (Å²) in [6.07, 6.45) is -3.49. The molecule has 0 spiro atoms. The summed E-state index contributed by atoms with van der Waals surface area (Å²) in [6, 6.07) is 0. The molecular weight excluding hydrogens is 240 g/mol. The standard InChI is InChI=1S/C8H11F2N3O2S/c1-3-5(6(11)14)16-8(13-3,7(12)15)2-4(9)10/h4,13H,2H2,1H3,(H2,11,14)(H2,12,15). The summed E-state index contributed by atoms with van der Waals surface area (Å²) in [5, 5.41) is 2.52. The molecule has 0 aromatic rings. The average Bonchev–Trinajstić information content (AvgIpc) is 2.42. The van der Waals surface area contributed by atoms with Crippen LogP contribution in [0.25, 0.3) is 0 Å². The van der Waals surface area contributed by atoms with Crippen LogP contribution in [0.5, 0.6) is 0 Å². The van der Waals surface area contributed by atoms with Crippen LogP contribution in [-0.4, -0.2) is 23.1 Å². The Labute approximate surface area is 94.6 Å². The van der Waals surface area contributed by atoms with Crippen LogP contribution >= 0.6 is 11.8 Å². The van der Waals surface area contributed by atoms with E-state index in [1.54, 1.807) is 0 Å². The molecular formula is C8H11F2N3O2S. The van der Waals surface area contributed by atoms with Crippen LogP contribution in [0.3, 0.4) is 0 Å². The number of halogens is 2. The Morgan fingerprint density at radius 3 is 2.38 bits per heavy atom. The fraction of sp³-hybridized carbons (Fsp3) is 0.500. The fourth-order valence-corrected chi connectivity index (χ4v) is 2.56. The second-order valence-electron chi connectivity index (χ2n) is 3.33. The molecule has 0 radical (unpaired) electrons. The maximum Gasteiger partial charge on any atom is 0.256 e. The predicted molar refractivity (Wildman–Crippen MR) is 55.2 cm³/mol. The zero-order chi connectivity index (χ0) is 12.5. The van der Waals surface area contributed by atoms with Crippen molar-refractivity contribution in [2.45, 2.75) is 24.6 Å². The minimum Gasteiger partial charge on any atom is -0.367 e. The Kier molecular flexibility index (Phi) is 3.41. The highest BCUT2D eigenvalue weighted by molar-refractivity contribution is 8.06. The number of thioether (sulfide) groups is 1. The van der Waals surface area contributed by atoms with Gasteiger partial charge in [-0.25, -0.2) is 8.78 Å². The molecule has 1 rings (SSSR count). The highest BCUT2D eigenvalue weighted by atomic mass is 32.2. The lowest BCUT2D eigenvalue weighted by molar-refractivity contribution is -0.122. The topological polar surface area (TPSA) is 98.2 Å². The SMILES string of the molecule is CC1=C(C(N)=O)SC(CC(F)F)(C(N)=O)N1. The van der Waals surface area contributed by atoms with Crippen molar-refractivity contribution in [2.24, 2.45) is 11.5 Å². The van der Waals surface area contributed by atoms with Gasteiger partial charge in [-0.2, -0.15) is 0 Å². The maximum absolute atomic E-state index is 12.4. The molecule has 1 heterocycles. The number of nitrogens with one attached hydrogen (secondary N) is 1. The number of carbonyl (C=O) groups is 2. The van der Waals surface area contributed by atoms with Crippen molar-refractivity contribution in [1.29, 1.82) is 0 Å². The molecule has 1 atom stereocenters. The third-order valence-electron chi connectivity index (χ3n) is 2.07. The van der Waals surface area contributed by atoms with Gasteiger partial charge in [-0.05, 0) is 6.92 Å². The highest BCUT2D eigenvalue weighted by Gasteiger charge is 2.46. The van der Waals surface area contributed by atoms with E-state index in [1.807, 2.05) is 0 Å². The smallest absolute Gasteiger partial charge is 0.256 e. The Hall–Kier alpha value is -1.31. The first-order valence-corrected chi connectivity index (χ1v) is 5.16. The lowest BCUT2D eigenvalue weighted by atomic mass is 10.2. The van der Waals surface area contributed by atoms with E-state index >= 15 is 0 Å². The van der Waals surface area contributed by atoms with E-state index in [-0.39, 0.29) is 10.6 Å². The van der Waals surface area contributed by atoms with Crippen molar-refractivity contribution in [3.63, 3.8) is 0 Å². The molecule has 1 aliphatic heterocycles. The van der Waals surface area contributed by atoms with E-state index in [0.29, 0.717) is 11.8 Å². The second kappa shape index (κ2) is 4.28. The zero-order valence-corrected chi connectivity index (χ0v) is 9.24. The van der Waals surface area contributed by atoms with Gasteiger partial charge in [-0.15, -0.1) is 0 Å². The minimum atomic E-state index is -2.72. The molecule has 0 aromatic carbocycles. The Balaban J connectivity index is 2.97. The molecule has 8 heteroatoms. The molecule has 0 saturated heterocycles. The number of carbonyl (C=O) groups excluding carboxylic acids is 2. The summed E-state index contributed by atoms with van der Waals surface area (Å²) in [4.78, 5) is 20.5. The first-order chi connectivity index (χ1) is 7.28. The molecule has 5 nitrogen and oxygen atoms in total. The van der Waals surface area contributed by atoms with E-state index in [9.17, 15) is 18.4 Å². The second-order valence-corrected chi connectivity index (χ2v) is 4.64. The highest BCUT2D eigenvalue weighted by Crippen LogP contribution is 2.41. The summed E-state index contributed by atoms with van der Waals surface area (Å²) < 4.78 is 24.7. The van der Waals surface area contributed by atoms with Crippen LogP contribution in [0.15, 0.2) is 10.6 Å². The van der Waals surface area contributed by atoms with Gasteiger partial charge in [0, 0.05) is 5.70 Å². The molecule has 90 valence electrons. The maximum atomic E-state index is 12.4. The van der Waals surface area contributed by atoms with Crippen LogP contribution in [0.4, 0.5) is 8.78 Å². The largest absolute Gasteiger partial charge is 0.367 e. The van der Waals surface area contributed by atoms with Gasteiger partial charge in [0.25, 0.3) is 11.8 Å². The Bertz CT molecular complexity index is 372. The number of amides is 2. The van der Waals surface area contributed by atoms with Gasteiger partial charge >= 0.3 is 0 Å². The summed E-state index contributed by atoms with van der Waals surface area (Å²) in [7, 11) is 0. The number of hydrogen-bond acceptors (Lipinski definition) is 4. The number of nitrogens with two attached hydrogens (primary N) is 2. The number of primary amides is 2. The zero-order valence-electron chi connectivity index (χ0n) is 8.42. The third kappa shape index (κ3) is 2.26. The molecule has 0 aliphatic carbocycles. The Morgan fingerprint density at radius 1 is 1.50 bits per heavy atom. The number of allylic oxidation sites excluding steroid dienone is 1. The van der Waals surface area contributed by atoms with Crippen LogP contribution in [-0.2, 0) is 9.59 Å². The van der Waals surface area contributed by atoms with E-state index in [2.05, 4.69) is 5.32 Å². The van der Waals surface area contributed by atoms with Gasteiger partial charge in [0.05, 0.1) is 11.3 Å². The first kappa shape index (κ1) is 12.8. The molecule has 1 aliphatic rings. The van der Waals surface area contributed by atoms with E-state index in [4.69, 9.17) is 11.5 Å². The third-order valence-corrected chi connectivity index (χ3v) is 3.60. The van der Waals surface area contributed by atoms with Crippen LogP contribution in [0.1, 0.15) is 13.3 Å². The summed E-state index contributed by atoms with van der Waals surface area (Å²) in [5.74, 6) is -1.72. The number of rotatable bonds is 4. The molecule has 0 saturated carbocycles. The molecule has 0 aromatic heterocycles. The van der Waals surface area contributed by atoms with Crippen LogP contribution in [0.2, 0.25) is 0 Å². The lowest BCUT2D eigenvalue weighted by Gasteiger charge is -2.25. The van der Waals surface area contributed by atoms with Gasteiger partial charge < -0.3 is 16.8 Å². The molecule has 2 amide bonds. The van der Waals surface area contributed by atoms with E-state index in [1.165, 1.54) is 6.92 Å². The summed E-state index contributed by atoms with van der Waals surface area (Å²) >= 11 is 0.650. The molecule has 0 fully saturated rings. The molecule has 0 bridgehead atoms. The van der Waals surface area contributed by atoms with Crippen molar-refractivity contribution >= 4 is 23.6 Å². The van der Waals surface area contributed by atoms with Crippen molar-refractivity contribution in [3.05, 3.63) is 10.6 Å². The number of alkyl halides is 2.